The maximum absolute atomic E-state index is 8.61. The average Bonchev–Trinajstić information content (AvgIpc) is 2.59. The largest absolute Gasteiger partial charge is 0.366 e. The fourth-order valence-electron chi connectivity index (χ4n) is 2.09. The second-order valence-electron chi connectivity index (χ2n) is 4.23. The maximum Gasteiger partial charge on any atom is 0.158 e. The lowest BCUT2D eigenvalue weighted by atomic mass is 10.1. The molecule has 0 bridgehead atoms. The number of aromatic nitrogens is 2. The van der Waals surface area contributed by atoms with Crippen LogP contribution in [0, 0.1) is 11.3 Å². The van der Waals surface area contributed by atoms with E-state index in [1.54, 1.807) is 6.20 Å². The van der Waals surface area contributed by atoms with Crippen molar-refractivity contribution in [2.24, 2.45) is 0 Å². The summed E-state index contributed by atoms with van der Waals surface area (Å²) < 4.78 is 0. The molecule has 1 aromatic heterocycles. The first kappa shape index (κ1) is 10.9. The summed E-state index contributed by atoms with van der Waals surface area (Å²) in [5.41, 5.74) is 0.367. The summed E-state index contributed by atoms with van der Waals surface area (Å²) in [5.74, 6) is 0.783. The SMILES string of the molecule is N#Cc1cnc(NC2CCCCCC2)cn1. The smallest absolute Gasteiger partial charge is 0.158 e. The zero-order chi connectivity index (χ0) is 11.2. The summed E-state index contributed by atoms with van der Waals surface area (Å²) in [6, 6.07) is 2.48. The van der Waals surface area contributed by atoms with Gasteiger partial charge in [-0.1, -0.05) is 25.7 Å². The van der Waals surface area contributed by atoms with Crippen molar-refractivity contribution in [2.75, 3.05) is 5.32 Å². The van der Waals surface area contributed by atoms with Gasteiger partial charge in [0.2, 0.25) is 0 Å². The molecule has 0 aromatic carbocycles. The van der Waals surface area contributed by atoms with E-state index in [9.17, 15) is 0 Å². The molecule has 1 N–H and O–H groups in total. The lowest BCUT2D eigenvalue weighted by Gasteiger charge is -2.16. The zero-order valence-corrected chi connectivity index (χ0v) is 9.32. The molecule has 16 heavy (non-hydrogen) atoms. The topological polar surface area (TPSA) is 61.6 Å². The molecule has 1 saturated carbocycles. The Kier molecular flexibility index (Phi) is 3.71. The Morgan fingerprint density at radius 2 is 1.88 bits per heavy atom. The molecule has 2 rings (SSSR count). The van der Waals surface area contributed by atoms with Crippen LogP contribution in [0.5, 0.6) is 0 Å². The molecule has 0 unspecified atom stereocenters. The van der Waals surface area contributed by atoms with Crippen LogP contribution in [0.2, 0.25) is 0 Å². The molecule has 0 aliphatic heterocycles. The van der Waals surface area contributed by atoms with E-state index in [-0.39, 0.29) is 0 Å². The van der Waals surface area contributed by atoms with Gasteiger partial charge in [0, 0.05) is 6.04 Å². The Hall–Kier alpha value is -1.63. The standard InChI is InChI=1S/C12H16N4/c13-7-11-8-15-12(9-14-11)16-10-5-3-1-2-4-6-10/h8-10H,1-6H2,(H,15,16). The number of rotatable bonds is 2. The van der Waals surface area contributed by atoms with Crippen LogP contribution in [0.25, 0.3) is 0 Å². The van der Waals surface area contributed by atoms with Gasteiger partial charge in [-0.05, 0) is 12.8 Å². The van der Waals surface area contributed by atoms with E-state index in [0.717, 1.165) is 5.82 Å². The van der Waals surface area contributed by atoms with E-state index in [0.29, 0.717) is 11.7 Å². The van der Waals surface area contributed by atoms with Crippen molar-refractivity contribution >= 4 is 5.82 Å². The van der Waals surface area contributed by atoms with Gasteiger partial charge in [-0.15, -0.1) is 0 Å². The molecule has 4 nitrogen and oxygen atoms in total. The Labute approximate surface area is 95.7 Å². The fraction of sp³-hybridized carbons (Fsp3) is 0.583. The van der Waals surface area contributed by atoms with Crippen LogP contribution in [0.1, 0.15) is 44.2 Å². The molecular weight excluding hydrogens is 200 g/mol. The Morgan fingerprint density at radius 1 is 1.12 bits per heavy atom. The molecule has 0 saturated heterocycles. The van der Waals surface area contributed by atoms with Gasteiger partial charge in [-0.2, -0.15) is 5.26 Å². The number of nitrogens with zero attached hydrogens (tertiary/aromatic N) is 3. The van der Waals surface area contributed by atoms with Crippen molar-refractivity contribution in [1.29, 1.82) is 5.26 Å². The zero-order valence-electron chi connectivity index (χ0n) is 9.32. The first-order valence-electron chi connectivity index (χ1n) is 5.87. The summed E-state index contributed by atoms with van der Waals surface area (Å²) in [4.78, 5) is 8.18. The summed E-state index contributed by atoms with van der Waals surface area (Å²) in [5, 5.41) is 12.0. The van der Waals surface area contributed by atoms with Crippen molar-refractivity contribution in [1.82, 2.24) is 9.97 Å². The number of nitriles is 1. The molecule has 1 fully saturated rings. The average molecular weight is 216 g/mol. The number of anilines is 1. The molecule has 1 heterocycles. The van der Waals surface area contributed by atoms with Gasteiger partial charge in [0.15, 0.2) is 5.69 Å². The second-order valence-corrected chi connectivity index (χ2v) is 4.23. The maximum atomic E-state index is 8.61. The highest BCUT2D eigenvalue weighted by atomic mass is 15.0. The van der Waals surface area contributed by atoms with Gasteiger partial charge in [0.1, 0.15) is 11.9 Å². The van der Waals surface area contributed by atoms with Gasteiger partial charge in [0.05, 0.1) is 12.4 Å². The Bertz CT molecular complexity index is 358. The van der Waals surface area contributed by atoms with Crippen molar-refractivity contribution in [3.63, 3.8) is 0 Å². The Balaban J connectivity index is 1.94. The van der Waals surface area contributed by atoms with Crippen molar-refractivity contribution in [3.8, 4) is 6.07 Å². The monoisotopic (exact) mass is 216 g/mol. The van der Waals surface area contributed by atoms with Crippen LogP contribution in [0.3, 0.4) is 0 Å². The molecule has 0 radical (unpaired) electrons. The third-order valence-corrected chi connectivity index (χ3v) is 2.97. The highest BCUT2D eigenvalue weighted by Gasteiger charge is 2.12. The van der Waals surface area contributed by atoms with Crippen LogP contribution < -0.4 is 5.32 Å². The van der Waals surface area contributed by atoms with E-state index in [4.69, 9.17) is 5.26 Å². The molecule has 0 spiro atoms. The van der Waals surface area contributed by atoms with E-state index in [1.165, 1.54) is 44.7 Å². The fourth-order valence-corrected chi connectivity index (χ4v) is 2.09. The minimum atomic E-state index is 0.367. The predicted octanol–water partition coefficient (Wildman–Crippen LogP) is 2.48. The van der Waals surface area contributed by atoms with E-state index >= 15 is 0 Å². The summed E-state index contributed by atoms with van der Waals surface area (Å²) in [6.07, 6.45) is 10.9. The molecule has 4 heteroatoms. The number of hydrogen-bond acceptors (Lipinski definition) is 4. The highest BCUT2D eigenvalue weighted by Crippen LogP contribution is 2.19. The molecule has 0 atom stereocenters. The van der Waals surface area contributed by atoms with E-state index in [2.05, 4.69) is 15.3 Å². The molecule has 1 aliphatic rings. The third kappa shape index (κ3) is 2.93. The van der Waals surface area contributed by atoms with Crippen molar-refractivity contribution in [3.05, 3.63) is 18.1 Å². The van der Waals surface area contributed by atoms with E-state index < -0.39 is 0 Å². The number of nitrogens with one attached hydrogen (secondary N) is 1. The molecule has 84 valence electrons. The highest BCUT2D eigenvalue weighted by molar-refractivity contribution is 5.34. The van der Waals surface area contributed by atoms with Crippen LogP contribution >= 0.6 is 0 Å². The summed E-state index contributed by atoms with van der Waals surface area (Å²) in [7, 11) is 0. The normalized spacial score (nSPS) is 17.4. The quantitative estimate of drug-likeness (QED) is 0.771. The molecule has 1 aliphatic carbocycles. The predicted molar refractivity (Wildman–Crippen MR) is 61.9 cm³/mol. The lowest BCUT2D eigenvalue weighted by molar-refractivity contribution is 0.617. The first-order valence-corrected chi connectivity index (χ1v) is 5.87. The van der Waals surface area contributed by atoms with Crippen LogP contribution in [-0.2, 0) is 0 Å². The van der Waals surface area contributed by atoms with Gasteiger partial charge < -0.3 is 5.32 Å². The van der Waals surface area contributed by atoms with Crippen LogP contribution in [0.15, 0.2) is 12.4 Å². The lowest BCUT2D eigenvalue weighted by Crippen LogP contribution is -2.19. The van der Waals surface area contributed by atoms with Gasteiger partial charge >= 0.3 is 0 Å². The summed E-state index contributed by atoms with van der Waals surface area (Å²) >= 11 is 0. The minimum Gasteiger partial charge on any atom is -0.366 e. The Morgan fingerprint density at radius 3 is 2.44 bits per heavy atom. The third-order valence-electron chi connectivity index (χ3n) is 2.97. The van der Waals surface area contributed by atoms with E-state index in [1.807, 2.05) is 6.07 Å². The molecular formula is C12H16N4. The van der Waals surface area contributed by atoms with Crippen molar-refractivity contribution < 1.29 is 0 Å². The van der Waals surface area contributed by atoms with Gasteiger partial charge in [-0.3, -0.25) is 0 Å². The molecule has 1 aromatic rings. The van der Waals surface area contributed by atoms with Crippen molar-refractivity contribution in [2.45, 2.75) is 44.6 Å². The number of hydrogen-bond donors (Lipinski definition) is 1. The van der Waals surface area contributed by atoms with Gasteiger partial charge in [-0.25, -0.2) is 9.97 Å². The minimum absolute atomic E-state index is 0.367. The molecule has 0 amide bonds. The van der Waals surface area contributed by atoms with Crippen LogP contribution in [-0.4, -0.2) is 16.0 Å². The van der Waals surface area contributed by atoms with Gasteiger partial charge in [0.25, 0.3) is 0 Å². The first-order chi connectivity index (χ1) is 7.88. The second kappa shape index (κ2) is 5.45. The summed E-state index contributed by atoms with van der Waals surface area (Å²) in [6.45, 7) is 0. The van der Waals surface area contributed by atoms with Crippen LogP contribution in [0.4, 0.5) is 5.82 Å².